The summed E-state index contributed by atoms with van der Waals surface area (Å²) in [6, 6.07) is 14.8. The Morgan fingerprint density at radius 2 is 1.88 bits per heavy atom. The van der Waals surface area contributed by atoms with Crippen molar-refractivity contribution >= 4 is 27.7 Å². The second-order valence-electron chi connectivity index (χ2n) is 7.79. The maximum absolute atomic E-state index is 12.5. The molecule has 0 bridgehead atoms. The van der Waals surface area contributed by atoms with E-state index in [0.717, 1.165) is 34.2 Å². The predicted octanol–water partition coefficient (Wildman–Crippen LogP) is 3.32. The minimum atomic E-state index is -3.59. The number of nitrogens with zero attached hydrogens (tertiary/aromatic N) is 4. The fourth-order valence-electron chi connectivity index (χ4n) is 3.29. The Hall–Kier alpha value is -2.69. The van der Waals surface area contributed by atoms with Gasteiger partial charge in [0.15, 0.2) is 11.0 Å². The third kappa shape index (κ3) is 6.01. The van der Waals surface area contributed by atoms with Crippen molar-refractivity contribution in [1.29, 1.82) is 0 Å². The molecule has 0 saturated carbocycles. The molecule has 3 rings (SSSR count). The Balaban J connectivity index is 1.68. The van der Waals surface area contributed by atoms with Crippen LogP contribution in [0.3, 0.4) is 0 Å². The lowest BCUT2D eigenvalue weighted by Gasteiger charge is -2.15. The van der Waals surface area contributed by atoms with E-state index in [0.29, 0.717) is 10.7 Å². The van der Waals surface area contributed by atoms with Gasteiger partial charge in [-0.2, -0.15) is 0 Å². The smallest absolute Gasteiger partial charge is 0.242 e. The zero-order valence-electron chi connectivity index (χ0n) is 19.3. The van der Waals surface area contributed by atoms with Gasteiger partial charge in [0.1, 0.15) is 0 Å². The van der Waals surface area contributed by atoms with E-state index >= 15 is 0 Å². The number of carbonyl (C=O) groups is 1. The SMILES string of the molecule is CCCn1c(SCC(=O)NCc2ccccc2S(=O)(=O)N(C)C)nnc1-c1cccc(C)c1. The van der Waals surface area contributed by atoms with Crippen LogP contribution in [0.15, 0.2) is 58.6 Å². The number of carbonyl (C=O) groups excluding carboxylic acids is 1. The summed E-state index contributed by atoms with van der Waals surface area (Å²) in [7, 11) is -0.624. The predicted molar refractivity (Wildman–Crippen MR) is 130 cm³/mol. The summed E-state index contributed by atoms with van der Waals surface area (Å²) >= 11 is 1.32. The third-order valence-corrected chi connectivity index (χ3v) is 7.86. The van der Waals surface area contributed by atoms with E-state index in [-0.39, 0.29) is 23.1 Å². The highest BCUT2D eigenvalue weighted by atomic mass is 32.2. The molecule has 33 heavy (non-hydrogen) atoms. The molecule has 176 valence electrons. The number of thioether (sulfide) groups is 1. The van der Waals surface area contributed by atoms with Gasteiger partial charge in [-0.1, -0.05) is 60.6 Å². The first-order chi connectivity index (χ1) is 15.7. The molecule has 0 saturated heterocycles. The van der Waals surface area contributed by atoms with Gasteiger partial charge in [-0.25, -0.2) is 12.7 Å². The zero-order chi connectivity index (χ0) is 24.0. The number of sulfonamides is 1. The van der Waals surface area contributed by atoms with E-state index in [9.17, 15) is 13.2 Å². The van der Waals surface area contributed by atoms with Crippen LogP contribution < -0.4 is 5.32 Å². The van der Waals surface area contributed by atoms with Crippen molar-refractivity contribution in [2.24, 2.45) is 0 Å². The third-order valence-electron chi connectivity index (χ3n) is 4.98. The van der Waals surface area contributed by atoms with E-state index in [1.165, 1.54) is 25.9 Å². The molecule has 0 unspecified atom stereocenters. The van der Waals surface area contributed by atoms with Gasteiger partial charge >= 0.3 is 0 Å². The Morgan fingerprint density at radius 3 is 2.58 bits per heavy atom. The molecule has 3 aromatic rings. The van der Waals surface area contributed by atoms with Crippen molar-refractivity contribution in [1.82, 2.24) is 24.4 Å². The molecule has 0 spiro atoms. The van der Waals surface area contributed by atoms with Gasteiger partial charge in [0, 0.05) is 32.7 Å². The molecule has 1 N–H and O–H groups in total. The standard InChI is InChI=1S/C23H29N5O3S2/c1-5-13-28-22(18-11-8-9-17(2)14-18)25-26-23(28)32-16-21(29)24-15-19-10-6-7-12-20(19)33(30,31)27(3)4/h6-12,14H,5,13,15-16H2,1-4H3,(H,24,29). The largest absolute Gasteiger partial charge is 0.351 e. The molecule has 0 fully saturated rings. The van der Waals surface area contributed by atoms with E-state index in [2.05, 4.69) is 28.5 Å². The van der Waals surface area contributed by atoms with E-state index in [4.69, 9.17) is 0 Å². The maximum atomic E-state index is 12.5. The van der Waals surface area contributed by atoms with Gasteiger partial charge in [0.05, 0.1) is 10.6 Å². The molecule has 8 nitrogen and oxygen atoms in total. The lowest BCUT2D eigenvalue weighted by Crippen LogP contribution is -2.28. The molecule has 0 aliphatic rings. The summed E-state index contributed by atoms with van der Waals surface area (Å²) in [4.78, 5) is 12.7. The van der Waals surface area contributed by atoms with Gasteiger partial charge in [-0.15, -0.1) is 10.2 Å². The van der Waals surface area contributed by atoms with Gasteiger partial charge in [-0.3, -0.25) is 4.79 Å². The first kappa shape index (κ1) is 24.9. The number of rotatable bonds is 10. The van der Waals surface area contributed by atoms with Crippen LogP contribution in [0, 0.1) is 6.92 Å². The van der Waals surface area contributed by atoms with E-state index in [1.807, 2.05) is 29.7 Å². The highest BCUT2D eigenvalue weighted by Gasteiger charge is 2.21. The summed E-state index contributed by atoms with van der Waals surface area (Å²) < 4.78 is 28.3. The second-order valence-corrected chi connectivity index (χ2v) is 10.9. The number of benzene rings is 2. The zero-order valence-corrected chi connectivity index (χ0v) is 20.9. The average Bonchev–Trinajstić information content (AvgIpc) is 3.19. The van der Waals surface area contributed by atoms with E-state index in [1.54, 1.807) is 24.3 Å². The molecule has 0 atom stereocenters. The highest BCUT2D eigenvalue weighted by Crippen LogP contribution is 2.25. The Bertz CT molecular complexity index is 1220. The fraction of sp³-hybridized carbons (Fsp3) is 0.348. The van der Waals surface area contributed by atoms with Gasteiger partial charge < -0.3 is 9.88 Å². The van der Waals surface area contributed by atoms with Crippen LogP contribution in [0.4, 0.5) is 0 Å². The molecule has 0 aliphatic carbocycles. The molecule has 2 aromatic carbocycles. The minimum Gasteiger partial charge on any atom is -0.351 e. The first-order valence-electron chi connectivity index (χ1n) is 10.6. The van der Waals surface area contributed by atoms with Crippen LogP contribution in [-0.4, -0.2) is 53.2 Å². The number of nitrogens with one attached hydrogen (secondary N) is 1. The van der Waals surface area contributed by atoms with Crippen LogP contribution in [-0.2, 0) is 27.9 Å². The molecule has 0 radical (unpaired) electrons. The number of aryl methyl sites for hydroxylation is 1. The van der Waals surface area contributed by atoms with Gasteiger partial charge in [-0.05, 0) is 31.0 Å². The van der Waals surface area contributed by atoms with Crippen molar-refractivity contribution in [3.63, 3.8) is 0 Å². The summed E-state index contributed by atoms with van der Waals surface area (Å²) in [6.07, 6.45) is 0.910. The summed E-state index contributed by atoms with van der Waals surface area (Å²) in [5, 5.41) is 12.2. The van der Waals surface area contributed by atoms with Crippen molar-refractivity contribution in [3.8, 4) is 11.4 Å². The lowest BCUT2D eigenvalue weighted by atomic mass is 10.1. The van der Waals surface area contributed by atoms with Crippen LogP contribution in [0.25, 0.3) is 11.4 Å². The summed E-state index contributed by atoms with van der Waals surface area (Å²) in [6.45, 7) is 4.99. The Kier molecular flexibility index (Phi) is 8.28. The van der Waals surface area contributed by atoms with Crippen LogP contribution in [0.1, 0.15) is 24.5 Å². The van der Waals surface area contributed by atoms with Crippen LogP contribution >= 0.6 is 11.8 Å². The first-order valence-corrected chi connectivity index (χ1v) is 13.1. The fourth-order valence-corrected chi connectivity index (χ4v) is 5.20. The number of hydrogen-bond acceptors (Lipinski definition) is 6. The maximum Gasteiger partial charge on any atom is 0.242 e. The van der Waals surface area contributed by atoms with Crippen molar-refractivity contribution < 1.29 is 13.2 Å². The van der Waals surface area contributed by atoms with E-state index < -0.39 is 10.0 Å². The molecule has 1 aromatic heterocycles. The topological polar surface area (TPSA) is 97.2 Å². The molecule has 0 aliphatic heterocycles. The molecule has 1 amide bonds. The molecular weight excluding hydrogens is 458 g/mol. The normalized spacial score (nSPS) is 11.7. The Morgan fingerprint density at radius 1 is 1.12 bits per heavy atom. The molecule has 10 heteroatoms. The van der Waals surface area contributed by atoms with Gasteiger partial charge in [0.25, 0.3) is 0 Å². The number of amides is 1. The van der Waals surface area contributed by atoms with Crippen LogP contribution in [0.2, 0.25) is 0 Å². The number of aromatic nitrogens is 3. The van der Waals surface area contributed by atoms with Crippen molar-refractivity contribution in [2.45, 2.75) is 43.4 Å². The lowest BCUT2D eigenvalue weighted by molar-refractivity contribution is -0.118. The summed E-state index contributed by atoms with van der Waals surface area (Å²) in [5.41, 5.74) is 2.68. The van der Waals surface area contributed by atoms with Crippen molar-refractivity contribution in [2.75, 3.05) is 19.8 Å². The quantitative estimate of drug-likeness (QED) is 0.441. The minimum absolute atomic E-state index is 0.124. The average molecular weight is 488 g/mol. The van der Waals surface area contributed by atoms with Crippen LogP contribution in [0.5, 0.6) is 0 Å². The molecular formula is C23H29N5O3S2. The second kappa shape index (κ2) is 11.0. The number of hydrogen-bond donors (Lipinski definition) is 1. The Labute approximate surface area is 199 Å². The molecule has 1 heterocycles. The summed E-state index contributed by atoms with van der Waals surface area (Å²) in [5.74, 6) is 0.727. The monoisotopic (exact) mass is 487 g/mol. The highest BCUT2D eigenvalue weighted by molar-refractivity contribution is 7.99. The van der Waals surface area contributed by atoms with Gasteiger partial charge in [0.2, 0.25) is 15.9 Å². The van der Waals surface area contributed by atoms with Crippen molar-refractivity contribution in [3.05, 3.63) is 59.7 Å².